The molecule has 132 valence electrons. The van der Waals surface area contributed by atoms with Gasteiger partial charge in [0.25, 0.3) is 0 Å². The first-order chi connectivity index (χ1) is 12.6. The molecule has 0 spiro atoms. The van der Waals surface area contributed by atoms with E-state index in [-0.39, 0.29) is 24.7 Å². The van der Waals surface area contributed by atoms with Crippen LogP contribution in [-0.2, 0) is 16.1 Å². The Labute approximate surface area is 152 Å². The van der Waals surface area contributed by atoms with E-state index < -0.39 is 6.10 Å². The van der Waals surface area contributed by atoms with Crippen molar-refractivity contribution in [3.8, 4) is 0 Å². The van der Waals surface area contributed by atoms with Crippen molar-refractivity contribution in [2.45, 2.75) is 31.9 Å². The molecule has 0 aromatic heterocycles. The monoisotopic (exact) mass is 347 g/mol. The predicted molar refractivity (Wildman–Crippen MR) is 99.0 cm³/mol. The molecule has 4 heteroatoms. The third-order valence-electron chi connectivity index (χ3n) is 5.27. The molecular weight excluding hydrogens is 326 g/mol. The van der Waals surface area contributed by atoms with E-state index in [0.717, 1.165) is 22.3 Å². The molecule has 0 radical (unpaired) electrons. The van der Waals surface area contributed by atoms with Gasteiger partial charge in [-0.05, 0) is 28.7 Å². The summed E-state index contributed by atoms with van der Waals surface area (Å²) in [5.41, 5.74) is 4.49. The van der Waals surface area contributed by atoms with Gasteiger partial charge >= 0.3 is 0 Å². The first-order valence-corrected chi connectivity index (χ1v) is 8.98. The summed E-state index contributed by atoms with van der Waals surface area (Å²) in [4.78, 5) is 26.9. The van der Waals surface area contributed by atoms with Crippen LogP contribution in [0.5, 0.6) is 0 Å². The predicted octanol–water partition coefficient (Wildman–Crippen LogP) is 3.27. The molecule has 1 atom stereocenters. The molecule has 4 nitrogen and oxygen atoms in total. The number of Topliss-reactive ketones (excluding diaryl/α,β-unsaturated/α-hetero) is 1. The molecule has 1 aliphatic heterocycles. The van der Waals surface area contributed by atoms with Crippen LogP contribution in [0.2, 0.25) is 0 Å². The van der Waals surface area contributed by atoms with Crippen molar-refractivity contribution in [2.75, 3.05) is 6.54 Å². The number of aliphatic hydroxyl groups is 1. The van der Waals surface area contributed by atoms with Crippen LogP contribution in [0, 0.1) is 0 Å². The lowest BCUT2D eigenvalue weighted by atomic mass is 9.96. The zero-order chi connectivity index (χ0) is 18.1. The molecule has 2 aromatic rings. The molecule has 0 unspecified atom stereocenters. The van der Waals surface area contributed by atoms with Crippen molar-refractivity contribution >= 4 is 17.3 Å². The molecule has 2 aromatic carbocycles. The lowest BCUT2D eigenvalue weighted by molar-refractivity contribution is -0.134. The molecule has 1 aliphatic carbocycles. The molecule has 1 heterocycles. The van der Waals surface area contributed by atoms with E-state index in [0.29, 0.717) is 25.0 Å². The van der Waals surface area contributed by atoms with Gasteiger partial charge in [0.2, 0.25) is 5.91 Å². The number of hydrogen-bond donors (Lipinski definition) is 1. The highest BCUT2D eigenvalue weighted by molar-refractivity contribution is 6.10. The van der Waals surface area contributed by atoms with Crippen molar-refractivity contribution in [1.82, 2.24) is 4.90 Å². The number of aliphatic hydroxyl groups excluding tert-OH is 1. The maximum Gasteiger partial charge on any atom is 0.227 e. The van der Waals surface area contributed by atoms with Crippen LogP contribution in [0.25, 0.3) is 5.57 Å². The molecule has 0 saturated heterocycles. The van der Waals surface area contributed by atoms with Gasteiger partial charge in [-0.1, -0.05) is 54.6 Å². The van der Waals surface area contributed by atoms with Crippen molar-refractivity contribution < 1.29 is 14.7 Å². The zero-order valence-electron chi connectivity index (χ0n) is 14.5. The third-order valence-corrected chi connectivity index (χ3v) is 5.27. The van der Waals surface area contributed by atoms with Gasteiger partial charge in [0.1, 0.15) is 0 Å². The van der Waals surface area contributed by atoms with Crippen molar-refractivity contribution in [3.05, 3.63) is 76.9 Å². The van der Waals surface area contributed by atoms with Gasteiger partial charge in [-0.2, -0.15) is 0 Å². The molecule has 0 saturated carbocycles. The molecule has 1 N–H and O–H groups in total. The third kappa shape index (κ3) is 3.08. The summed E-state index contributed by atoms with van der Waals surface area (Å²) in [5.74, 6) is -0.0348. The number of hydrogen-bond acceptors (Lipinski definition) is 3. The Kier molecular flexibility index (Phi) is 4.43. The average Bonchev–Trinajstić information content (AvgIpc) is 3.03. The highest BCUT2D eigenvalue weighted by Gasteiger charge is 2.30. The van der Waals surface area contributed by atoms with Crippen molar-refractivity contribution in [3.63, 3.8) is 0 Å². The highest BCUT2D eigenvalue weighted by Crippen LogP contribution is 2.34. The molecular formula is C22H21NO3. The van der Waals surface area contributed by atoms with E-state index in [1.807, 2.05) is 54.6 Å². The number of ketones is 1. The number of allylic oxidation sites excluding steroid dienone is 1. The second kappa shape index (κ2) is 6.89. The second-order valence-electron chi connectivity index (χ2n) is 6.91. The fourth-order valence-corrected chi connectivity index (χ4v) is 3.91. The Hall–Kier alpha value is -2.72. The molecule has 26 heavy (non-hydrogen) atoms. The van der Waals surface area contributed by atoms with E-state index in [2.05, 4.69) is 0 Å². The Bertz CT molecular complexity index is 885. The first-order valence-electron chi connectivity index (χ1n) is 8.98. The topological polar surface area (TPSA) is 57.6 Å². The van der Waals surface area contributed by atoms with Crippen LogP contribution in [0.4, 0.5) is 0 Å². The second-order valence-corrected chi connectivity index (χ2v) is 6.91. The SMILES string of the molecule is O=C1CCC(c2ccccc2)=C1CC(=O)N1Cc2ccccc2[C@@H](O)C1. The van der Waals surface area contributed by atoms with Gasteiger partial charge in [-0.15, -0.1) is 0 Å². The Balaban J connectivity index is 1.57. The largest absolute Gasteiger partial charge is 0.387 e. The lowest BCUT2D eigenvalue weighted by Gasteiger charge is -2.32. The summed E-state index contributed by atoms with van der Waals surface area (Å²) in [7, 11) is 0. The maximum atomic E-state index is 12.9. The zero-order valence-corrected chi connectivity index (χ0v) is 14.5. The molecule has 0 fully saturated rings. The number of carbonyl (C=O) groups is 2. The normalized spacial score (nSPS) is 19.7. The number of rotatable bonds is 3. The Morgan fingerprint density at radius 2 is 1.77 bits per heavy atom. The summed E-state index contributed by atoms with van der Waals surface area (Å²) >= 11 is 0. The summed E-state index contributed by atoms with van der Waals surface area (Å²) in [6.07, 6.45) is 0.596. The quantitative estimate of drug-likeness (QED) is 0.927. The summed E-state index contributed by atoms with van der Waals surface area (Å²) in [6, 6.07) is 17.5. The van der Waals surface area contributed by atoms with Gasteiger partial charge in [0, 0.05) is 18.5 Å². The first kappa shape index (κ1) is 16.7. The van der Waals surface area contributed by atoms with E-state index in [4.69, 9.17) is 0 Å². The minimum absolute atomic E-state index is 0.0650. The van der Waals surface area contributed by atoms with E-state index in [9.17, 15) is 14.7 Å². The van der Waals surface area contributed by atoms with Crippen LogP contribution < -0.4 is 0 Å². The van der Waals surface area contributed by atoms with E-state index in [1.54, 1.807) is 4.90 Å². The van der Waals surface area contributed by atoms with Crippen molar-refractivity contribution in [2.24, 2.45) is 0 Å². The van der Waals surface area contributed by atoms with Gasteiger partial charge in [-0.25, -0.2) is 0 Å². The smallest absolute Gasteiger partial charge is 0.227 e. The number of fused-ring (bicyclic) bond motifs is 1. The fraction of sp³-hybridized carbons (Fsp3) is 0.273. The molecule has 4 rings (SSSR count). The van der Waals surface area contributed by atoms with Crippen LogP contribution >= 0.6 is 0 Å². The fourth-order valence-electron chi connectivity index (χ4n) is 3.91. The number of carbonyl (C=O) groups excluding carboxylic acids is 2. The average molecular weight is 347 g/mol. The summed E-state index contributed by atoms with van der Waals surface area (Å²) < 4.78 is 0. The number of nitrogens with zero attached hydrogens (tertiary/aromatic N) is 1. The standard InChI is InChI=1S/C22H21NO3/c24-20-11-10-17(15-6-2-1-3-7-15)19(20)12-22(26)23-13-16-8-4-5-9-18(16)21(25)14-23/h1-9,21,25H,10-14H2/t21-/m0/s1. The van der Waals surface area contributed by atoms with Crippen LogP contribution in [0.1, 0.15) is 42.1 Å². The number of benzene rings is 2. The number of β-amino-alcohol motifs (C(OH)–C–C–N with tert-alkyl or cyclic N) is 1. The van der Waals surface area contributed by atoms with Crippen LogP contribution in [0.3, 0.4) is 0 Å². The lowest BCUT2D eigenvalue weighted by Crippen LogP contribution is -2.38. The molecule has 1 amide bonds. The Morgan fingerprint density at radius 3 is 2.58 bits per heavy atom. The van der Waals surface area contributed by atoms with Crippen LogP contribution in [-0.4, -0.2) is 28.2 Å². The molecule has 2 aliphatic rings. The van der Waals surface area contributed by atoms with Gasteiger partial charge in [-0.3, -0.25) is 9.59 Å². The number of amides is 1. The minimum Gasteiger partial charge on any atom is -0.387 e. The van der Waals surface area contributed by atoms with E-state index >= 15 is 0 Å². The highest BCUT2D eigenvalue weighted by atomic mass is 16.3. The summed E-state index contributed by atoms with van der Waals surface area (Å²) in [5, 5.41) is 10.4. The van der Waals surface area contributed by atoms with E-state index in [1.165, 1.54) is 0 Å². The maximum absolute atomic E-state index is 12.9. The van der Waals surface area contributed by atoms with Crippen LogP contribution in [0.15, 0.2) is 60.2 Å². The van der Waals surface area contributed by atoms with Crippen molar-refractivity contribution in [1.29, 1.82) is 0 Å². The summed E-state index contributed by atoms with van der Waals surface area (Å²) in [6.45, 7) is 0.756. The van der Waals surface area contributed by atoms with Gasteiger partial charge in [0.05, 0.1) is 19.1 Å². The van der Waals surface area contributed by atoms with Gasteiger partial charge < -0.3 is 10.0 Å². The Morgan fingerprint density at radius 1 is 1.04 bits per heavy atom. The molecule has 0 bridgehead atoms. The van der Waals surface area contributed by atoms with Gasteiger partial charge in [0.15, 0.2) is 5.78 Å². The minimum atomic E-state index is -0.675.